The maximum Gasteiger partial charge on any atom is 0.123 e. The van der Waals surface area contributed by atoms with E-state index in [1.54, 1.807) is 0 Å². The third kappa shape index (κ3) is 2.77. The van der Waals surface area contributed by atoms with Crippen LogP contribution in [0.5, 0.6) is 5.75 Å². The molecular formula is C14H15FN2O. The molecule has 0 aliphatic carbocycles. The van der Waals surface area contributed by atoms with Crippen LogP contribution >= 0.6 is 0 Å². The number of aromatic nitrogens is 1. The molecule has 3 nitrogen and oxygen atoms in total. The zero-order valence-electron chi connectivity index (χ0n) is 10.4. The number of halogens is 1. The lowest BCUT2D eigenvalue weighted by molar-refractivity contribution is 0.466. The van der Waals surface area contributed by atoms with Crippen molar-refractivity contribution >= 4 is 5.69 Å². The number of rotatable bonds is 3. The van der Waals surface area contributed by atoms with Crippen LogP contribution in [0.2, 0.25) is 0 Å². The lowest BCUT2D eigenvalue weighted by atomic mass is 10.2. The first-order valence-electron chi connectivity index (χ1n) is 5.72. The molecule has 0 unspecified atom stereocenters. The highest BCUT2D eigenvalue weighted by atomic mass is 19.1. The van der Waals surface area contributed by atoms with Gasteiger partial charge in [-0.05, 0) is 44.2 Å². The van der Waals surface area contributed by atoms with Crippen LogP contribution in [0.3, 0.4) is 0 Å². The highest BCUT2D eigenvalue weighted by Gasteiger charge is 2.04. The Balaban J connectivity index is 2.13. The quantitative estimate of drug-likeness (QED) is 0.874. The van der Waals surface area contributed by atoms with Gasteiger partial charge in [-0.3, -0.25) is 4.98 Å². The van der Waals surface area contributed by atoms with Crippen LogP contribution in [0.25, 0.3) is 0 Å². The summed E-state index contributed by atoms with van der Waals surface area (Å²) in [5.74, 6) is -0.273. The fourth-order valence-corrected chi connectivity index (χ4v) is 1.76. The van der Waals surface area contributed by atoms with Crippen LogP contribution in [0.15, 0.2) is 30.3 Å². The van der Waals surface area contributed by atoms with Gasteiger partial charge in [0.1, 0.15) is 11.6 Å². The van der Waals surface area contributed by atoms with E-state index in [0.29, 0.717) is 12.1 Å². The summed E-state index contributed by atoms with van der Waals surface area (Å²) in [6, 6.07) is 7.73. The minimum absolute atomic E-state index is 0.0848. The predicted molar refractivity (Wildman–Crippen MR) is 69.1 cm³/mol. The molecule has 2 aromatic rings. The number of benzene rings is 1. The fraction of sp³-hybridized carbons (Fsp3) is 0.214. The molecule has 18 heavy (non-hydrogen) atoms. The maximum absolute atomic E-state index is 13.1. The maximum atomic E-state index is 13.1. The Hall–Kier alpha value is -2.10. The third-order valence-corrected chi connectivity index (χ3v) is 2.74. The number of hydrogen-bond donors (Lipinski definition) is 2. The van der Waals surface area contributed by atoms with Crippen LogP contribution in [0.4, 0.5) is 10.1 Å². The standard InChI is InChI=1S/C14H15FN2O/c1-9-3-5-13(10(2)17-9)16-8-11-7-12(15)4-6-14(11)18/h3-7,16,18H,8H2,1-2H3. The molecule has 0 atom stereocenters. The average Bonchev–Trinajstić information content (AvgIpc) is 2.32. The molecule has 0 saturated carbocycles. The molecule has 2 N–H and O–H groups in total. The minimum Gasteiger partial charge on any atom is -0.508 e. The lowest BCUT2D eigenvalue weighted by Crippen LogP contribution is -2.03. The van der Waals surface area contributed by atoms with Crippen LogP contribution in [-0.4, -0.2) is 10.1 Å². The number of nitrogens with zero attached hydrogens (tertiary/aromatic N) is 1. The van der Waals surface area contributed by atoms with Gasteiger partial charge in [-0.2, -0.15) is 0 Å². The van der Waals surface area contributed by atoms with E-state index in [1.807, 2.05) is 26.0 Å². The average molecular weight is 246 g/mol. The minimum atomic E-state index is -0.358. The molecule has 0 spiro atoms. The van der Waals surface area contributed by atoms with Crippen LogP contribution < -0.4 is 5.32 Å². The van der Waals surface area contributed by atoms with E-state index >= 15 is 0 Å². The molecule has 94 valence electrons. The Morgan fingerprint density at radius 1 is 1.22 bits per heavy atom. The van der Waals surface area contributed by atoms with Crippen molar-refractivity contribution in [2.75, 3.05) is 5.32 Å². The first-order valence-corrected chi connectivity index (χ1v) is 5.72. The number of aromatic hydroxyl groups is 1. The smallest absolute Gasteiger partial charge is 0.123 e. The largest absolute Gasteiger partial charge is 0.508 e. The monoisotopic (exact) mass is 246 g/mol. The Morgan fingerprint density at radius 3 is 2.72 bits per heavy atom. The zero-order chi connectivity index (χ0) is 13.1. The van der Waals surface area contributed by atoms with Gasteiger partial charge in [0.15, 0.2) is 0 Å². The second-order valence-electron chi connectivity index (χ2n) is 4.21. The van der Waals surface area contributed by atoms with E-state index in [4.69, 9.17) is 0 Å². The Bertz CT molecular complexity index is 570. The van der Waals surface area contributed by atoms with Crippen molar-refractivity contribution in [3.8, 4) is 5.75 Å². The van der Waals surface area contributed by atoms with Crippen molar-refractivity contribution in [2.24, 2.45) is 0 Å². The number of phenolic OH excluding ortho intramolecular Hbond substituents is 1. The van der Waals surface area contributed by atoms with E-state index in [1.165, 1.54) is 18.2 Å². The molecule has 2 rings (SSSR count). The molecular weight excluding hydrogens is 231 g/mol. The van der Waals surface area contributed by atoms with E-state index in [9.17, 15) is 9.50 Å². The van der Waals surface area contributed by atoms with Crippen LogP contribution in [0.1, 0.15) is 17.0 Å². The van der Waals surface area contributed by atoms with Crippen LogP contribution in [-0.2, 0) is 6.54 Å². The third-order valence-electron chi connectivity index (χ3n) is 2.74. The fourth-order valence-electron chi connectivity index (χ4n) is 1.76. The molecule has 0 amide bonds. The summed E-state index contributed by atoms with van der Waals surface area (Å²) in [5.41, 5.74) is 3.23. The summed E-state index contributed by atoms with van der Waals surface area (Å²) in [6.07, 6.45) is 0. The molecule has 0 bridgehead atoms. The molecule has 4 heteroatoms. The van der Waals surface area contributed by atoms with Crippen molar-refractivity contribution < 1.29 is 9.50 Å². The number of phenols is 1. The van der Waals surface area contributed by atoms with Gasteiger partial charge in [-0.25, -0.2) is 4.39 Å². The van der Waals surface area contributed by atoms with Gasteiger partial charge in [-0.15, -0.1) is 0 Å². The lowest BCUT2D eigenvalue weighted by Gasteiger charge is -2.10. The van der Waals surface area contributed by atoms with Gasteiger partial charge < -0.3 is 10.4 Å². The SMILES string of the molecule is Cc1ccc(NCc2cc(F)ccc2O)c(C)n1. The van der Waals surface area contributed by atoms with E-state index in [0.717, 1.165) is 17.1 Å². The van der Waals surface area contributed by atoms with Gasteiger partial charge in [0, 0.05) is 17.8 Å². The summed E-state index contributed by atoms with van der Waals surface area (Å²) < 4.78 is 13.1. The van der Waals surface area contributed by atoms with Gasteiger partial charge in [0.05, 0.1) is 11.4 Å². The molecule has 1 aromatic carbocycles. The number of nitrogens with one attached hydrogen (secondary N) is 1. The topological polar surface area (TPSA) is 45.1 Å². The molecule has 0 saturated heterocycles. The van der Waals surface area contributed by atoms with E-state index in [2.05, 4.69) is 10.3 Å². The summed E-state index contributed by atoms with van der Waals surface area (Å²) in [6.45, 7) is 4.19. The van der Waals surface area contributed by atoms with Crippen molar-refractivity contribution in [1.29, 1.82) is 0 Å². The molecule has 1 heterocycles. The van der Waals surface area contributed by atoms with Gasteiger partial charge in [0.2, 0.25) is 0 Å². The summed E-state index contributed by atoms with van der Waals surface area (Å²) >= 11 is 0. The number of hydrogen-bond acceptors (Lipinski definition) is 3. The zero-order valence-corrected chi connectivity index (χ0v) is 10.4. The number of anilines is 1. The van der Waals surface area contributed by atoms with Crippen molar-refractivity contribution in [3.05, 3.63) is 53.1 Å². The van der Waals surface area contributed by atoms with E-state index < -0.39 is 0 Å². The summed E-state index contributed by atoms with van der Waals surface area (Å²) in [4.78, 5) is 4.33. The van der Waals surface area contributed by atoms with Gasteiger partial charge in [-0.1, -0.05) is 0 Å². The summed E-state index contributed by atoms with van der Waals surface area (Å²) in [7, 11) is 0. The predicted octanol–water partition coefficient (Wildman–Crippen LogP) is 3.16. The number of aryl methyl sites for hydroxylation is 2. The second-order valence-corrected chi connectivity index (χ2v) is 4.21. The Morgan fingerprint density at radius 2 is 2.00 bits per heavy atom. The van der Waals surface area contributed by atoms with Gasteiger partial charge in [0.25, 0.3) is 0 Å². The van der Waals surface area contributed by atoms with Gasteiger partial charge >= 0.3 is 0 Å². The molecule has 0 aliphatic heterocycles. The second kappa shape index (κ2) is 5.04. The van der Waals surface area contributed by atoms with Crippen molar-refractivity contribution in [1.82, 2.24) is 4.98 Å². The number of pyridine rings is 1. The van der Waals surface area contributed by atoms with Crippen molar-refractivity contribution in [2.45, 2.75) is 20.4 Å². The van der Waals surface area contributed by atoms with E-state index in [-0.39, 0.29) is 11.6 Å². The highest BCUT2D eigenvalue weighted by Crippen LogP contribution is 2.20. The molecule has 0 aliphatic rings. The molecule has 0 radical (unpaired) electrons. The van der Waals surface area contributed by atoms with Crippen LogP contribution in [0, 0.1) is 19.7 Å². The molecule has 1 aromatic heterocycles. The Labute approximate surface area is 105 Å². The first kappa shape index (κ1) is 12.4. The molecule has 0 fully saturated rings. The Kier molecular flexibility index (Phi) is 3.46. The highest BCUT2D eigenvalue weighted by molar-refractivity contribution is 5.49. The first-order chi connectivity index (χ1) is 8.56. The van der Waals surface area contributed by atoms with Crippen molar-refractivity contribution in [3.63, 3.8) is 0 Å². The normalized spacial score (nSPS) is 10.4. The summed E-state index contributed by atoms with van der Waals surface area (Å²) in [5, 5.41) is 12.7.